The first-order valence-corrected chi connectivity index (χ1v) is 5.22. The average molecular weight is 246 g/mol. The third-order valence-electron chi connectivity index (χ3n) is 2.38. The second-order valence-electron chi connectivity index (χ2n) is 3.58. The smallest absolute Gasteiger partial charge is 0.273 e. The van der Waals surface area contributed by atoms with Gasteiger partial charge in [-0.15, -0.1) is 0 Å². The van der Waals surface area contributed by atoms with E-state index >= 15 is 0 Å². The minimum absolute atomic E-state index is 0.0549. The van der Waals surface area contributed by atoms with Gasteiger partial charge in [0.1, 0.15) is 5.82 Å². The predicted octanol–water partition coefficient (Wildman–Crippen LogP) is 1.22. The molecule has 0 radical (unpaired) electrons. The molecule has 0 aliphatic heterocycles. The molecule has 2 rings (SSSR count). The van der Waals surface area contributed by atoms with E-state index in [2.05, 4.69) is 15.3 Å². The van der Waals surface area contributed by atoms with E-state index in [4.69, 9.17) is 5.73 Å². The van der Waals surface area contributed by atoms with Crippen molar-refractivity contribution < 1.29 is 9.18 Å². The normalized spacial score (nSPS) is 10.1. The van der Waals surface area contributed by atoms with Gasteiger partial charge in [-0.1, -0.05) is 0 Å². The van der Waals surface area contributed by atoms with Crippen molar-refractivity contribution in [2.45, 2.75) is 0 Å². The minimum atomic E-state index is -0.413. The maximum Gasteiger partial charge on any atom is 0.273 e. The Kier molecular flexibility index (Phi) is 3.18. The molecule has 1 amide bonds. The van der Waals surface area contributed by atoms with E-state index in [0.29, 0.717) is 11.3 Å². The van der Waals surface area contributed by atoms with Gasteiger partial charge in [0.05, 0.1) is 11.9 Å². The molecular weight excluding hydrogens is 235 g/mol. The van der Waals surface area contributed by atoms with Crippen LogP contribution in [0.25, 0.3) is 11.3 Å². The number of carbonyl (C=O) groups excluding carboxylic acids is 1. The number of hydrogen-bond acceptors (Lipinski definition) is 4. The number of anilines is 1. The fraction of sp³-hybridized carbons (Fsp3) is 0.0833. The number of nitrogen functional groups attached to an aromatic ring is 1. The van der Waals surface area contributed by atoms with Crippen LogP contribution in [-0.4, -0.2) is 22.9 Å². The predicted molar refractivity (Wildman–Crippen MR) is 65.2 cm³/mol. The Balaban J connectivity index is 2.46. The van der Waals surface area contributed by atoms with E-state index in [0.717, 1.165) is 0 Å². The van der Waals surface area contributed by atoms with Crippen molar-refractivity contribution in [3.8, 4) is 11.3 Å². The summed E-state index contributed by atoms with van der Waals surface area (Å²) < 4.78 is 12.8. The fourth-order valence-electron chi connectivity index (χ4n) is 1.44. The van der Waals surface area contributed by atoms with Gasteiger partial charge in [0.25, 0.3) is 5.91 Å². The van der Waals surface area contributed by atoms with Crippen molar-refractivity contribution in [1.82, 2.24) is 15.3 Å². The topological polar surface area (TPSA) is 80.9 Å². The monoisotopic (exact) mass is 246 g/mol. The molecule has 0 aliphatic rings. The Morgan fingerprint density at radius 2 is 2.00 bits per heavy atom. The van der Waals surface area contributed by atoms with Gasteiger partial charge in [0.15, 0.2) is 11.5 Å². The molecule has 0 saturated carbocycles. The van der Waals surface area contributed by atoms with Gasteiger partial charge in [-0.05, 0) is 24.3 Å². The number of rotatable bonds is 2. The Labute approximate surface area is 103 Å². The summed E-state index contributed by atoms with van der Waals surface area (Å²) in [4.78, 5) is 19.5. The van der Waals surface area contributed by atoms with Gasteiger partial charge >= 0.3 is 0 Å². The molecule has 18 heavy (non-hydrogen) atoms. The molecule has 0 saturated heterocycles. The maximum absolute atomic E-state index is 12.8. The van der Waals surface area contributed by atoms with Crippen LogP contribution in [0.5, 0.6) is 0 Å². The molecule has 0 atom stereocenters. The number of amides is 1. The Morgan fingerprint density at radius 1 is 1.33 bits per heavy atom. The van der Waals surface area contributed by atoms with Gasteiger partial charge in [-0.25, -0.2) is 14.4 Å². The minimum Gasteiger partial charge on any atom is -0.382 e. The van der Waals surface area contributed by atoms with Crippen LogP contribution in [0, 0.1) is 5.82 Å². The molecular formula is C12H11FN4O. The molecule has 0 bridgehead atoms. The van der Waals surface area contributed by atoms with Crippen molar-refractivity contribution in [2.24, 2.45) is 0 Å². The molecule has 0 fully saturated rings. The van der Waals surface area contributed by atoms with Gasteiger partial charge in [0.2, 0.25) is 0 Å². The highest BCUT2D eigenvalue weighted by atomic mass is 19.1. The summed E-state index contributed by atoms with van der Waals surface area (Å²) in [5.41, 5.74) is 6.75. The zero-order valence-corrected chi connectivity index (χ0v) is 9.64. The number of nitrogens with one attached hydrogen (secondary N) is 1. The quantitative estimate of drug-likeness (QED) is 0.835. The van der Waals surface area contributed by atoms with Crippen LogP contribution in [-0.2, 0) is 0 Å². The van der Waals surface area contributed by atoms with E-state index in [-0.39, 0.29) is 17.3 Å². The number of benzene rings is 1. The number of carbonyl (C=O) groups is 1. The Bertz CT molecular complexity index is 583. The van der Waals surface area contributed by atoms with Crippen LogP contribution in [0.3, 0.4) is 0 Å². The summed E-state index contributed by atoms with van der Waals surface area (Å²) in [6, 6.07) is 5.74. The zero-order valence-electron chi connectivity index (χ0n) is 9.64. The van der Waals surface area contributed by atoms with E-state index in [1.807, 2.05) is 0 Å². The number of nitrogens with zero attached hydrogens (tertiary/aromatic N) is 2. The molecule has 92 valence electrons. The van der Waals surface area contributed by atoms with Crippen LogP contribution in [0.2, 0.25) is 0 Å². The first kappa shape index (κ1) is 12.0. The van der Waals surface area contributed by atoms with Crippen molar-refractivity contribution in [1.29, 1.82) is 0 Å². The summed E-state index contributed by atoms with van der Waals surface area (Å²) in [6.45, 7) is 0. The fourth-order valence-corrected chi connectivity index (χ4v) is 1.44. The molecule has 3 N–H and O–H groups in total. The Hall–Kier alpha value is -2.50. The number of nitrogens with two attached hydrogens (primary N) is 1. The van der Waals surface area contributed by atoms with Gasteiger partial charge < -0.3 is 11.1 Å². The average Bonchev–Trinajstić information content (AvgIpc) is 2.39. The molecule has 0 aliphatic carbocycles. The number of hydrogen-bond donors (Lipinski definition) is 2. The van der Waals surface area contributed by atoms with Crippen LogP contribution >= 0.6 is 0 Å². The van der Waals surface area contributed by atoms with Gasteiger partial charge in [-0.3, -0.25) is 4.79 Å². The molecule has 0 unspecified atom stereocenters. The largest absolute Gasteiger partial charge is 0.382 e. The molecule has 6 heteroatoms. The SMILES string of the molecule is CNC(=O)c1nc(-c2ccc(F)cc2)cnc1N. The number of aromatic nitrogens is 2. The van der Waals surface area contributed by atoms with Crippen LogP contribution in [0.15, 0.2) is 30.5 Å². The van der Waals surface area contributed by atoms with Crippen LogP contribution < -0.4 is 11.1 Å². The summed E-state index contributed by atoms with van der Waals surface area (Å²) in [5, 5.41) is 2.43. The van der Waals surface area contributed by atoms with E-state index in [9.17, 15) is 9.18 Å². The van der Waals surface area contributed by atoms with E-state index in [1.54, 1.807) is 12.1 Å². The highest BCUT2D eigenvalue weighted by molar-refractivity contribution is 5.96. The lowest BCUT2D eigenvalue weighted by Gasteiger charge is -2.05. The second-order valence-corrected chi connectivity index (χ2v) is 3.58. The van der Waals surface area contributed by atoms with E-state index in [1.165, 1.54) is 25.4 Å². The zero-order chi connectivity index (χ0) is 13.1. The van der Waals surface area contributed by atoms with Crippen LogP contribution in [0.4, 0.5) is 10.2 Å². The van der Waals surface area contributed by atoms with Crippen molar-refractivity contribution in [3.63, 3.8) is 0 Å². The molecule has 5 nitrogen and oxygen atoms in total. The van der Waals surface area contributed by atoms with Crippen molar-refractivity contribution in [3.05, 3.63) is 42.0 Å². The highest BCUT2D eigenvalue weighted by Gasteiger charge is 2.12. The first-order chi connectivity index (χ1) is 8.61. The summed E-state index contributed by atoms with van der Waals surface area (Å²) in [5.74, 6) is -0.696. The van der Waals surface area contributed by atoms with Crippen molar-refractivity contribution in [2.75, 3.05) is 12.8 Å². The number of halogens is 1. The van der Waals surface area contributed by atoms with Gasteiger partial charge in [-0.2, -0.15) is 0 Å². The molecule has 1 heterocycles. The third-order valence-corrected chi connectivity index (χ3v) is 2.38. The van der Waals surface area contributed by atoms with E-state index < -0.39 is 5.91 Å². The molecule has 1 aromatic heterocycles. The van der Waals surface area contributed by atoms with Crippen molar-refractivity contribution >= 4 is 11.7 Å². The second kappa shape index (κ2) is 4.79. The van der Waals surface area contributed by atoms with Gasteiger partial charge in [0, 0.05) is 12.6 Å². The summed E-state index contributed by atoms with van der Waals surface area (Å²) >= 11 is 0. The standard InChI is InChI=1S/C12H11FN4O/c1-15-12(18)10-11(14)16-6-9(17-10)7-2-4-8(13)5-3-7/h2-6H,1H3,(H2,14,16)(H,15,18). The molecule has 2 aromatic rings. The Morgan fingerprint density at radius 3 is 2.61 bits per heavy atom. The van der Waals surface area contributed by atoms with Crippen LogP contribution in [0.1, 0.15) is 10.5 Å². The lowest BCUT2D eigenvalue weighted by molar-refractivity contribution is 0.0959. The highest BCUT2D eigenvalue weighted by Crippen LogP contribution is 2.18. The summed E-state index contributed by atoms with van der Waals surface area (Å²) in [6.07, 6.45) is 1.44. The lowest BCUT2D eigenvalue weighted by Crippen LogP contribution is -2.21. The molecule has 0 spiro atoms. The molecule has 1 aromatic carbocycles. The first-order valence-electron chi connectivity index (χ1n) is 5.22. The lowest BCUT2D eigenvalue weighted by atomic mass is 10.1. The maximum atomic E-state index is 12.8. The summed E-state index contributed by atoms with van der Waals surface area (Å²) in [7, 11) is 1.48. The third kappa shape index (κ3) is 2.27.